The van der Waals surface area contributed by atoms with Crippen LogP contribution in [-0.2, 0) is 0 Å². The fourth-order valence-electron chi connectivity index (χ4n) is 1.41. The van der Waals surface area contributed by atoms with Crippen molar-refractivity contribution < 1.29 is 9.18 Å². The second-order valence-electron chi connectivity index (χ2n) is 3.53. The molecule has 0 atom stereocenters. The molecule has 0 aliphatic carbocycles. The van der Waals surface area contributed by atoms with Crippen LogP contribution in [0.1, 0.15) is 16.1 Å². The summed E-state index contributed by atoms with van der Waals surface area (Å²) in [7, 11) is 0. The van der Waals surface area contributed by atoms with Crippen LogP contribution in [0.25, 0.3) is 10.6 Å². The number of nitrogens with zero attached hydrogens (tertiary/aromatic N) is 1. The number of thiazole rings is 1. The number of carbonyl (C=O) groups excluding carboxylic acids is 1. The summed E-state index contributed by atoms with van der Waals surface area (Å²) in [6.45, 7) is 1.69. The molecule has 0 fully saturated rings. The third-order valence-electron chi connectivity index (χ3n) is 2.33. The molecule has 0 amide bonds. The number of hydrogen-bond donors (Lipinski definition) is 0. The first-order valence-electron chi connectivity index (χ1n) is 4.93. The smallest absolute Gasteiger partial charge is 0.196 e. The van der Waals surface area contributed by atoms with E-state index in [1.165, 1.54) is 11.3 Å². The minimum absolute atomic E-state index is 0.112. The Balaban J connectivity index is 2.44. The van der Waals surface area contributed by atoms with Crippen LogP contribution in [0.4, 0.5) is 4.39 Å². The van der Waals surface area contributed by atoms with Crippen molar-refractivity contribution in [2.24, 2.45) is 0 Å². The molecule has 0 bridgehead atoms. The van der Waals surface area contributed by atoms with Crippen molar-refractivity contribution in [3.8, 4) is 10.6 Å². The molecule has 0 aliphatic rings. The molecular formula is C12H9ClFNOS. The van der Waals surface area contributed by atoms with Gasteiger partial charge in [-0.25, -0.2) is 9.37 Å². The summed E-state index contributed by atoms with van der Waals surface area (Å²) in [5.74, 6) is -0.659. The topological polar surface area (TPSA) is 30.0 Å². The molecule has 2 rings (SSSR count). The number of rotatable bonds is 3. The van der Waals surface area contributed by atoms with Crippen LogP contribution in [0.2, 0.25) is 0 Å². The number of aryl methyl sites for hydroxylation is 1. The van der Waals surface area contributed by atoms with Crippen molar-refractivity contribution in [3.63, 3.8) is 0 Å². The van der Waals surface area contributed by atoms with Gasteiger partial charge in [0, 0.05) is 10.9 Å². The zero-order valence-electron chi connectivity index (χ0n) is 9.04. The van der Waals surface area contributed by atoms with Gasteiger partial charge in [0.15, 0.2) is 5.78 Å². The maximum absolute atomic E-state index is 13.8. The van der Waals surface area contributed by atoms with Gasteiger partial charge < -0.3 is 0 Å². The number of halogens is 2. The third kappa shape index (κ3) is 2.37. The minimum Gasteiger partial charge on any atom is -0.291 e. The molecule has 0 radical (unpaired) electrons. The van der Waals surface area contributed by atoms with Crippen molar-refractivity contribution in [2.45, 2.75) is 6.92 Å². The molecule has 2 aromatic rings. The average molecular weight is 270 g/mol. The molecule has 1 heterocycles. The SMILES string of the molecule is Cc1cccc(-c2nc(C(=O)CCl)cs2)c1F. The Labute approximate surface area is 107 Å². The number of benzene rings is 1. The number of alkyl halides is 1. The first-order valence-corrected chi connectivity index (χ1v) is 6.35. The predicted molar refractivity (Wildman–Crippen MR) is 67.3 cm³/mol. The summed E-state index contributed by atoms with van der Waals surface area (Å²) < 4.78 is 13.8. The highest BCUT2D eigenvalue weighted by Gasteiger charge is 2.14. The predicted octanol–water partition coefficient (Wildman–Crippen LogP) is 3.68. The first-order chi connectivity index (χ1) is 8.13. The summed E-state index contributed by atoms with van der Waals surface area (Å²) in [5.41, 5.74) is 1.27. The minimum atomic E-state index is -0.299. The van der Waals surface area contributed by atoms with Gasteiger partial charge in [-0.05, 0) is 18.6 Å². The van der Waals surface area contributed by atoms with Gasteiger partial charge >= 0.3 is 0 Å². The van der Waals surface area contributed by atoms with Crippen LogP contribution in [0.3, 0.4) is 0 Å². The van der Waals surface area contributed by atoms with Gasteiger partial charge in [-0.15, -0.1) is 22.9 Å². The number of aromatic nitrogens is 1. The number of ketones is 1. The van der Waals surface area contributed by atoms with Crippen LogP contribution in [0.15, 0.2) is 23.6 Å². The quantitative estimate of drug-likeness (QED) is 0.628. The molecule has 0 N–H and O–H groups in total. The zero-order chi connectivity index (χ0) is 12.4. The van der Waals surface area contributed by atoms with E-state index in [0.29, 0.717) is 21.8 Å². The Morgan fingerprint density at radius 3 is 3.00 bits per heavy atom. The lowest BCUT2D eigenvalue weighted by atomic mass is 10.1. The van der Waals surface area contributed by atoms with Gasteiger partial charge in [0.25, 0.3) is 0 Å². The number of Topliss-reactive ketones (excluding diaryl/α,β-unsaturated/α-hetero) is 1. The van der Waals surface area contributed by atoms with Crippen LogP contribution >= 0.6 is 22.9 Å². The average Bonchev–Trinajstić information content (AvgIpc) is 2.81. The van der Waals surface area contributed by atoms with Crippen LogP contribution in [-0.4, -0.2) is 16.6 Å². The number of carbonyl (C=O) groups is 1. The summed E-state index contributed by atoms with van der Waals surface area (Å²) in [5, 5.41) is 2.10. The third-order valence-corrected chi connectivity index (χ3v) is 3.45. The molecule has 0 unspecified atom stereocenters. The molecule has 88 valence electrons. The number of hydrogen-bond acceptors (Lipinski definition) is 3. The second-order valence-corrected chi connectivity index (χ2v) is 4.66. The van der Waals surface area contributed by atoms with Gasteiger partial charge in [-0.3, -0.25) is 4.79 Å². The van der Waals surface area contributed by atoms with E-state index < -0.39 is 0 Å². The summed E-state index contributed by atoms with van der Waals surface area (Å²) in [6, 6.07) is 5.10. The maximum atomic E-state index is 13.8. The Morgan fingerprint density at radius 1 is 1.53 bits per heavy atom. The molecular weight excluding hydrogens is 261 g/mol. The highest BCUT2D eigenvalue weighted by Crippen LogP contribution is 2.27. The molecule has 0 spiro atoms. The summed E-state index contributed by atoms with van der Waals surface area (Å²) >= 11 is 6.68. The zero-order valence-corrected chi connectivity index (χ0v) is 10.6. The van der Waals surface area contributed by atoms with Crippen molar-refractivity contribution >= 4 is 28.7 Å². The van der Waals surface area contributed by atoms with Crippen molar-refractivity contribution in [1.82, 2.24) is 4.98 Å². The van der Waals surface area contributed by atoms with E-state index in [0.717, 1.165) is 0 Å². The largest absolute Gasteiger partial charge is 0.291 e. The Kier molecular flexibility index (Phi) is 3.54. The van der Waals surface area contributed by atoms with E-state index in [1.54, 1.807) is 30.5 Å². The molecule has 1 aromatic heterocycles. The highest BCUT2D eigenvalue weighted by atomic mass is 35.5. The van der Waals surface area contributed by atoms with Crippen molar-refractivity contribution in [3.05, 3.63) is 40.7 Å². The fourth-order valence-corrected chi connectivity index (χ4v) is 2.39. The van der Waals surface area contributed by atoms with E-state index in [2.05, 4.69) is 4.98 Å². The van der Waals surface area contributed by atoms with E-state index in [4.69, 9.17) is 11.6 Å². The van der Waals surface area contributed by atoms with E-state index in [9.17, 15) is 9.18 Å². The second kappa shape index (κ2) is 4.94. The molecule has 0 aliphatic heterocycles. The first kappa shape index (κ1) is 12.2. The molecule has 2 nitrogen and oxygen atoms in total. The van der Waals surface area contributed by atoms with Crippen molar-refractivity contribution in [2.75, 3.05) is 5.88 Å². The maximum Gasteiger partial charge on any atom is 0.196 e. The van der Waals surface area contributed by atoms with E-state index in [-0.39, 0.29) is 17.5 Å². The Morgan fingerprint density at radius 2 is 2.29 bits per heavy atom. The van der Waals surface area contributed by atoms with Crippen LogP contribution in [0, 0.1) is 12.7 Å². The van der Waals surface area contributed by atoms with Crippen LogP contribution < -0.4 is 0 Å². The van der Waals surface area contributed by atoms with Crippen molar-refractivity contribution in [1.29, 1.82) is 0 Å². The highest BCUT2D eigenvalue weighted by molar-refractivity contribution is 7.13. The van der Waals surface area contributed by atoms with Gasteiger partial charge in [0.05, 0.1) is 5.88 Å². The van der Waals surface area contributed by atoms with Gasteiger partial charge in [-0.2, -0.15) is 0 Å². The summed E-state index contributed by atoms with van der Waals surface area (Å²) in [4.78, 5) is 15.4. The fraction of sp³-hybridized carbons (Fsp3) is 0.167. The summed E-state index contributed by atoms with van der Waals surface area (Å²) in [6.07, 6.45) is 0. The molecule has 5 heteroatoms. The van der Waals surface area contributed by atoms with E-state index >= 15 is 0 Å². The standard InChI is InChI=1S/C12H9ClFNOS/c1-7-3-2-4-8(11(7)14)12-15-9(6-17-12)10(16)5-13/h2-4,6H,5H2,1H3. The lowest BCUT2D eigenvalue weighted by Crippen LogP contribution is -2.00. The monoisotopic (exact) mass is 269 g/mol. The lowest BCUT2D eigenvalue weighted by molar-refractivity contribution is 0.101. The molecule has 0 saturated carbocycles. The normalized spacial score (nSPS) is 10.5. The van der Waals surface area contributed by atoms with Gasteiger partial charge in [0.2, 0.25) is 0 Å². The molecule has 0 saturated heterocycles. The Hall–Kier alpha value is -1.26. The Bertz CT molecular complexity index is 567. The van der Waals surface area contributed by atoms with E-state index in [1.807, 2.05) is 0 Å². The van der Waals surface area contributed by atoms with Gasteiger partial charge in [0.1, 0.15) is 16.5 Å². The van der Waals surface area contributed by atoms with Crippen LogP contribution in [0.5, 0.6) is 0 Å². The molecule has 1 aromatic carbocycles. The lowest BCUT2D eigenvalue weighted by Gasteiger charge is -2.01. The van der Waals surface area contributed by atoms with Gasteiger partial charge in [-0.1, -0.05) is 12.1 Å². The molecule has 17 heavy (non-hydrogen) atoms.